The maximum atomic E-state index is 12.9. The van der Waals surface area contributed by atoms with Crippen molar-refractivity contribution in [1.29, 1.82) is 0 Å². The molecule has 0 fully saturated rings. The molecular weight excluding hydrogens is 416 g/mol. The minimum Gasteiger partial charge on any atom is -0.369 e. The molecule has 0 heterocycles. The molecule has 0 aliphatic carbocycles. The van der Waals surface area contributed by atoms with Crippen LogP contribution in [0.15, 0.2) is 18.2 Å². The molecule has 1 rings (SSSR count). The molecule has 0 radical (unpaired) electrons. The number of aryl methyl sites for hydroxylation is 1. The van der Waals surface area contributed by atoms with Gasteiger partial charge in [0.1, 0.15) is 0 Å². The lowest BCUT2D eigenvalue weighted by atomic mass is 9.83. The first kappa shape index (κ1) is 23.3. The third kappa shape index (κ3) is 3.44. The number of halogens is 12. The largest absolute Gasteiger partial charge is 0.430 e. The fraction of sp³-hybridized carbons (Fsp3) is 0.538. The first-order valence-electron chi connectivity index (χ1n) is 6.45. The summed E-state index contributed by atoms with van der Waals surface area (Å²) in [5.41, 5.74) is -17.4. The van der Waals surface area contributed by atoms with Gasteiger partial charge in [0, 0.05) is 11.1 Å². The van der Waals surface area contributed by atoms with Crippen LogP contribution in [0.25, 0.3) is 0 Å². The van der Waals surface area contributed by atoms with Crippen LogP contribution < -0.4 is 0 Å². The molecule has 0 aliphatic rings. The fourth-order valence-electron chi connectivity index (χ4n) is 2.19. The second-order valence-corrected chi connectivity index (χ2v) is 5.44. The molecule has 1 aromatic rings. The van der Waals surface area contributed by atoms with Crippen LogP contribution in [0.5, 0.6) is 0 Å². The Morgan fingerprint density at radius 2 is 0.926 bits per heavy atom. The van der Waals surface area contributed by atoms with Gasteiger partial charge in [-0.05, 0) is 18.6 Å². The molecule has 0 atom stereocenters. The average molecular weight is 424 g/mol. The predicted octanol–water partition coefficient (Wildman–Crippen LogP) is 4.62. The molecule has 14 heteroatoms. The number of hydrogen-bond donors (Lipinski definition) is 2. The highest BCUT2D eigenvalue weighted by Crippen LogP contribution is 2.54. The zero-order valence-electron chi connectivity index (χ0n) is 12.7. The summed E-state index contributed by atoms with van der Waals surface area (Å²) in [6.07, 6.45) is -26.2. The van der Waals surface area contributed by atoms with Crippen molar-refractivity contribution in [3.05, 3.63) is 34.9 Å². The van der Waals surface area contributed by atoms with Gasteiger partial charge in [0.2, 0.25) is 0 Å². The zero-order chi connectivity index (χ0) is 21.9. The van der Waals surface area contributed by atoms with Crippen LogP contribution in [0.4, 0.5) is 52.7 Å². The van der Waals surface area contributed by atoms with Crippen molar-refractivity contribution in [2.75, 3.05) is 0 Å². The molecule has 0 aliphatic heterocycles. The Hall–Kier alpha value is -1.70. The van der Waals surface area contributed by atoms with Crippen molar-refractivity contribution in [1.82, 2.24) is 0 Å². The van der Waals surface area contributed by atoms with Gasteiger partial charge < -0.3 is 10.2 Å². The molecule has 0 amide bonds. The van der Waals surface area contributed by atoms with Crippen LogP contribution in [-0.2, 0) is 11.2 Å². The van der Waals surface area contributed by atoms with Gasteiger partial charge in [-0.1, -0.05) is 12.1 Å². The molecule has 2 nitrogen and oxygen atoms in total. The maximum Gasteiger partial charge on any atom is 0.430 e. The predicted molar refractivity (Wildman–Crippen MR) is 63.2 cm³/mol. The van der Waals surface area contributed by atoms with Crippen LogP contribution in [0.2, 0.25) is 0 Å². The SMILES string of the molecule is Cc1ccc(C(O)(C(F)(F)F)C(F)(F)F)cc1C(O)(C(F)(F)F)C(F)(F)F. The standard InChI is InChI=1S/C13H8F12O2/c1-5-2-3-6(8(26,10(14,15)16)11(17,18)19)4-7(5)9(27,12(20,21)22)13(23,24)25/h2-4,26-27H,1H3. The number of rotatable bonds is 2. The minimum absolute atomic E-state index is 0.0512. The van der Waals surface area contributed by atoms with Crippen LogP contribution in [0.3, 0.4) is 0 Å². The molecule has 0 saturated heterocycles. The summed E-state index contributed by atoms with van der Waals surface area (Å²) in [5.74, 6) is 0. The van der Waals surface area contributed by atoms with Crippen molar-refractivity contribution < 1.29 is 62.9 Å². The van der Waals surface area contributed by atoms with Gasteiger partial charge in [-0.15, -0.1) is 0 Å². The van der Waals surface area contributed by atoms with Crippen molar-refractivity contribution in [3.8, 4) is 0 Å². The summed E-state index contributed by atoms with van der Waals surface area (Å²) in [5, 5.41) is 18.4. The molecule has 0 bridgehead atoms. The van der Waals surface area contributed by atoms with E-state index < -0.39 is 58.7 Å². The van der Waals surface area contributed by atoms with Crippen LogP contribution in [-0.4, -0.2) is 34.9 Å². The van der Waals surface area contributed by atoms with E-state index in [1.807, 2.05) is 0 Å². The Balaban J connectivity index is 3.94. The summed E-state index contributed by atoms with van der Waals surface area (Å²) in [4.78, 5) is 0. The second-order valence-electron chi connectivity index (χ2n) is 5.44. The molecule has 0 saturated carbocycles. The van der Waals surface area contributed by atoms with Crippen molar-refractivity contribution >= 4 is 0 Å². The number of alkyl halides is 12. The molecule has 27 heavy (non-hydrogen) atoms. The second kappa shape index (κ2) is 6.15. The lowest BCUT2D eigenvalue weighted by Crippen LogP contribution is -2.56. The molecule has 156 valence electrons. The molecule has 0 aromatic heterocycles. The summed E-state index contributed by atoms with van der Waals surface area (Å²) < 4.78 is 154. The summed E-state index contributed by atoms with van der Waals surface area (Å²) in [6, 6.07) is -0.917. The van der Waals surface area contributed by atoms with Gasteiger partial charge >= 0.3 is 24.7 Å². The highest BCUT2D eigenvalue weighted by atomic mass is 19.4. The van der Waals surface area contributed by atoms with Gasteiger partial charge in [-0.25, -0.2) is 0 Å². The lowest BCUT2D eigenvalue weighted by molar-refractivity contribution is -0.378. The van der Waals surface area contributed by atoms with Crippen LogP contribution >= 0.6 is 0 Å². The summed E-state index contributed by atoms with van der Waals surface area (Å²) in [7, 11) is 0. The molecule has 1 aromatic carbocycles. The van der Waals surface area contributed by atoms with Gasteiger partial charge in [0.25, 0.3) is 11.2 Å². The molecular formula is C13H8F12O2. The molecule has 2 N–H and O–H groups in total. The maximum absolute atomic E-state index is 12.9. The van der Waals surface area contributed by atoms with E-state index in [1.54, 1.807) is 0 Å². The average Bonchev–Trinajstić information content (AvgIpc) is 2.41. The Labute approximate surface area is 142 Å². The third-order valence-corrected chi connectivity index (χ3v) is 3.69. The first-order chi connectivity index (χ1) is 11.6. The Kier molecular flexibility index (Phi) is 5.32. The Bertz CT molecular complexity index is 667. The normalized spacial score (nSPS) is 15.2. The highest BCUT2D eigenvalue weighted by molar-refractivity contribution is 5.41. The monoisotopic (exact) mass is 424 g/mol. The van der Waals surface area contributed by atoms with Gasteiger partial charge in [0.05, 0.1) is 0 Å². The van der Waals surface area contributed by atoms with E-state index in [4.69, 9.17) is 5.11 Å². The smallest absolute Gasteiger partial charge is 0.369 e. The topological polar surface area (TPSA) is 40.5 Å². The number of hydrogen-bond acceptors (Lipinski definition) is 2. The van der Waals surface area contributed by atoms with E-state index in [1.165, 1.54) is 0 Å². The number of aliphatic hydroxyl groups is 2. The summed E-state index contributed by atoms with van der Waals surface area (Å²) >= 11 is 0. The third-order valence-electron chi connectivity index (χ3n) is 3.69. The van der Waals surface area contributed by atoms with Crippen LogP contribution in [0.1, 0.15) is 16.7 Å². The van der Waals surface area contributed by atoms with Crippen molar-refractivity contribution in [2.24, 2.45) is 0 Å². The lowest BCUT2D eigenvalue weighted by Gasteiger charge is -2.36. The van der Waals surface area contributed by atoms with Crippen molar-refractivity contribution in [2.45, 2.75) is 42.8 Å². The van der Waals surface area contributed by atoms with E-state index in [0.29, 0.717) is 6.92 Å². The van der Waals surface area contributed by atoms with E-state index in [-0.39, 0.29) is 12.1 Å². The highest BCUT2D eigenvalue weighted by Gasteiger charge is 2.74. The summed E-state index contributed by atoms with van der Waals surface area (Å²) in [6.45, 7) is 0.488. The molecule has 0 unspecified atom stereocenters. The van der Waals surface area contributed by atoms with Gasteiger partial charge in [-0.2, -0.15) is 52.7 Å². The minimum atomic E-state index is -6.55. The van der Waals surface area contributed by atoms with E-state index in [0.717, 1.165) is 0 Å². The van der Waals surface area contributed by atoms with E-state index in [9.17, 15) is 57.8 Å². The first-order valence-corrected chi connectivity index (χ1v) is 6.45. The van der Waals surface area contributed by atoms with E-state index >= 15 is 0 Å². The zero-order valence-corrected chi connectivity index (χ0v) is 12.7. The van der Waals surface area contributed by atoms with Gasteiger partial charge in [-0.3, -0.25) is 0 Å². The quantitative estimate of drug-likeness (QED) is 0.681. The van der Waals surface area contributed by atoms with Crippen molar-refractivity contribution in [3.63, 3.8) is 0 Å². The molecule has 0 spiro atoms. The van der Waals surface area contributed by atoms with Gasteiger partial charge in [0.15, 0.2) is 0 Å². The Morgan fingerprint density at radius 1 is 0.593 bits per heavy atom. The number of benzene rings is 1. The van der Waals surface area contributed by atoms with E-state index in [2.05, 4.69) is 0 Å². The van der Waals surface area contributed by atoms with Crippen LogP contribution in [0, 0.1) is 6.92 Å². The fourth-order valence-corrected chi connectivity index (χ4v) is 2.19. The Morgan fingerprint density at radius 3 is 1.22 bits per heavy atom.